The number of hydrogen-bond donors (Lipinski definition) is 0. The summed E-state index contributed by atoms with van der Waals surface area (Å²) < 4.78 is 12.6. The maximum atomic E-state index is 12.5. The first kappa shape index (κ1) is 12.1. The van der Waals surface area contributed by atoms with Crippen molar-refractivity contribution in [3.63, 3.8) is 0 Å². The fourth-order valence-corrected chi connectivity index (χ4v) is 1.00. The van der Waals surface area contributed by atoms with Gasteiger partial charge in [-0.05, 0) is 33.6 Å². The SMILES string of the molecule is O=C([O-])c1ccc(F)c(Br)c1.[Na+]. The molecule has 0 aromatic heterocycles. The van der Waals surface area contributed by atoms with E-state index in [1.165, 1.54) is 0 Å². The van der Waals surface area contributed by atoms with Crippen molar-refractivity contribution in [2.75, 3.05) is 0 Å². The zero-order chi connectivity index (χ0) is 8.43. The molecule has 0 spiro atoms. The van der Waals surface area contributed by atoms with Gasteiger partial charge in [0, 0.05) is 0 Å². The number of carbonyl (C=O) groups excluding carboxylic acids is 1. The summed E-state index contributed by atoms with van der Waals surface area (Å²) in [5, 5.41) is 10.2. The van der Waals surface area contributed by atoms with E-state index in [-0.39, 0.29) is 39.6 Å². The van der Waals surface area contributed by atoms with Crippen LogP contribution in [-0.4, -0.2) is 5.97 Å². The Hall–Kier alpha value is 0.100. The van der Waals surface area contributed by atoms with Crippen molar-refractivity contribution in [2.45, 2.75) is 0 Å². The van der Waals surface area contributed by atoms with E-state index in [0.717, 1.165) is 18.2 Å². The molecule has 0 bridgehead atoms. The molecule has 0 saturated heterocycles. The van der Waals surface area contributed by atoms with Crippen LogP contribution in [-0.2, 0) is 0 Å². The Balaban J connectivity index is 0.00000121. The molecule has 0 aliphatic rings. The third-order valence-corrected chi connectivity index (χ3v) is 1.76. The van der Waals surface area contributed by atoms with Crippen LogP contribution in [0.15, 0.2) is 22.7 Å². The number of hydrogen-bond acceptors (Lipinski definition) is 2. The van der Waals surface area contributed by atoms with E-state index in [0.29, 0.717) is 0 Å². The number of carboxylic acid groups (broad SMARTS) is 1. The molecule has 0 radical (unpaired) electrons. The minimum absolute atomic E-state index is 0. The summed E-state index contributed by atoms with van der Waals surface area (Å²) in [5.41, 5.74) is -0.0433. The fourth-order valence-electron chi connectivity index (χ4n) is 0.623. The van der Waals surface area contributed by atoms with E-state index in [4.69, 9.17) is 0 Å². The topological polar surface area (TPSA) is 40.1 Å². The van der Waals surface area contributed by atoms with Crippen LogP contribution in [0, 0.1) is 5.82 Å². The minimum Gasteiger partial charge on any atom is -0.545 e. The van der Waals surface area contributed by atoms with E-state index in [2.05, 4.69) is 15.9 Å². The summed E-state index contributed by atoms with van der Waals surface area (Å²) in [5.74, 6) is -1.80. The molecule has 0 aliphatic carbocycles. The monoisotopic (exact) mass is 240 g/mol. The first-order chi connectivity index (χ1) is 5.11. The molecule has 5 heteroatoms. The summed E-state index contributed by atoms with van der Waals surface area (Å²) >= 11 is 2.85. The Morgan fingerprint density at radius 1 is 1.50 bits per heavy atom. The predicted octanol–water partition coefficient (Wildman–Crippen LogP) is -2.04. The van der Waals surface area contributed by atoms with Gasteiger partial charge in [-0.1, -0.05) is 6.07 Å². The molecule has 0 atom stereocenters. The number of carbonyl (C=O) groups is 1. The molecule has 12 heavy (non-hydrogen) atoms. The van der Waals surface area contributed by atoms with E-state index < -0.39 is 11.8 Å². The zero-order valence-corrected chi connectivity index (χ0v) is 9.89. The van der Waals surface area contributed by atoms with Gasteiger partial charge in [-0.15, -0.1) is 0 Å². The van der Waals surface area contributed by atoms with Gasteiger partial charge in [0.25, 0.3) is 0 Å². The predicted molar refractivity (Wildman–Crippen MR) is 38.4 cm³/mol. The normalized spacial score (nSPS) is 8.83. The summed E-state index contributed by atoms with van der Waals surface area (Å²) in [6, 6.07) is 3.37. The minimum atomic E-state index is -1.31. The van der Waals surface area contributed by atoms with Crippen molar-refractivity contribution >= 4 is 21.9 Å². The number of carboxylic acids is 1. The number of aromatic carboxylic acids is 1. The fraction of sp³-hybridized carbons (Fsp3) is 0. The third-order valence-electron chi connectivity index (χ3n) is 1.16. The second-order valence-electron chi connectivity index (χ2n) is 1.92. The Bertz CT molecular complexity index is 303. The van der Waals surface area contributed by atoms with Gasteiger partial charge >= 0.3 is 29.6 Å². The average molecular weight is 241 g/mol. The molecule has 2 nitrogen and oxygen atoms in total. The van der Waals surface area contributed by atoms with Gasteiger partial charge in [-0.2, -0.15) is 0 Å². The zero-order valence-electron chi connectivity index (χ0n) is 6.30. The molecule has 1 aromatic rings. The second kappa shape index (κ2) is 4.97. The van der Waals surface area contributed by atoms with E-state index in [1.54, 1.807) is 0 Å². The van der Waals surface area contributed by atoms with Crippen LogP contribution < -0.4 is 34.7 Å². The Kier molecular flexibility index (Phi) is 5.01. The Labute approximate surface area is 99.2 Å². The van der Waals surface area contributed by atoms with Gasteiger partial charge in [0.15, 0.2) is 0 Å². The van der Waals surface area contributed by atoms with Crippen LogP contribution in [0.3, 0.4) is 0 Å². The van der Waals surface area contributed by atoms with Crippen LogP contribution in [0.2, 0.25) is 0 Å². The van der Waals surface area contributed by atoms with Crippen molar-refractivity contribution < 1.29 is 43.8 Å². The van der Waals surface area contributed by atoms with E-state index in [1.807, 2.05) is 0 Å². The Morgan fingerprint density at radius 3 is 2.50 bits per heavy atom. The third kappa shape index (κ3) is 2.86. The summed E-state index contributed by atoms with van der Waals surface area (Å²) in [7, 11) is 0. The molecule has 0 fully saturated rings. The molecular formula is C7H3BrFNaO2. The summed E-state index contributed by atoms with van der Waals surface area (Å²) in [4.78, 5) is 10.2. The molecule has 0 amide bonds. The van der Waals surface area contributed by atoms with Crippen molar-refractivity contribution in [2.24, 2.45) is 0 Å². The number of halogens is 2. The maximum absolute atomic E-state index is 12.5. The molecule has 0 saturated carbocycles. The average Bonchev–Trinajstić information content (AvgIpc) is 1.94. The van der Waals surface area contributed by atoms with Crippen LogP contribution in [0.25, 0.3) is 0 Å². The number of rotatable bonds is 1. The van der Waals surface area contributed by atoms with Crippen molar-refractivity contribution in [1.82, 2.24) is 0 Å². The molecular weight excluding hydrogens is 238 g/mol. The van der Waals surface area contributed by atoms with Crippen LogP contribution >= 0.6 is 15.9 Å². The second-order valence-corrected chi connectivity index (χ2v) is 2.77. The van der Waals surface area contributed by atoms with Crippen molar-refractivity contribution in [1.29, 1.82) is 0 Å². The van der Waals surface area contributed by atoms with Gasteiger partial charge in [0.1, 0.15) is 5.82 Å². The number of benzene rings is 1. The molecule has 1 rings (SSSR count). The molecule has 0 heterocycles. The Morgan fingerprint density at radius 2 is 2.08 bits per heavy atom. The summed E-state index contributed by atoms with van der Waals surface area (Å²) in [6.07, 6.45) is 0. The largest absolute Gasteiger partial charge is 1.00 e. The van der Waals surface area contributed by atoms with Gasteiger partial charge in [0.05, 0.1) is 10.4 Å². The maximum Gasteiger partial charge on any atom is 1.00 e. The van der Waals surface area contributed by atoms with Gasteiger partial charge in [-0.3, -0.25) is 0 Å². The quantitative estimate of drug-likeness (QED) is 0.531. The van der Waals surface area contributed by atoms with Gasteiger partial charge in [0.2, 0.25) is 0 Å². The molecule has 1 aromatic carbocycles. The first-order valence-corrected chi connectivity index (χ1v) is 3.57. The van der Waals surface area contributed by atoms with Gasteiger partial charge in [-0.25, -0.2) is 4.39 Å². The van der Waals surface area contributed by atoms with Crippen molar-refractivity contribution in [3.05, 3.63) is 34.1 Å². The van der Waals surface area contributed by atoms with E-state index >= 15 is 0 Å². The van der Waals surface area contributed by atoms with Crippen molar-refractivity contribution in [3.8, 4) is 0 Å². The standard InChI is InChI=1S/C7H4BrFO2.Na/c8-5-3-4(7(10)11)1-2-6(5)9;/h1-3H,(H,10,11);/q;+1/p-1. The first-order valence-electron chi connectivity index (χ1n) is 2.77. The molecule has 0 unspecified atom stereocenters. The summed E-state index contributed by atoms with van der Waals surface area (Å²) in [6.45, 7) is 0. The van der Waals surface area contributed by atoms with Crippen LogP contribution in [0.5, 0.6) is 0 Å². The van der Waals surface area contributed by atoms with Crippen LogP contribution in [0.4, 0.5) is 4.39 Å². The molecule has 0 aliphatic heterocycles. The van der Waals surface area contributed by atoms with Crippen LogP contribution in [0.1, 0.15) is 10.4 Å². The van der Waals surface area contributed by atoms with Gasteiger partial charge < -0.3 is 9.90 Å². The smallest absolute Gasteiger partial charge is 0.545 e. The molecule has 58 valence electrons. The van der Waals surface area contributed by atoms with E-state index in [9.17, 15) is 14.3 Å². The molecule has 0 N–H and O–H groups in total.